The molecule has 1 atom stereocenters. The fourth-order valence-electron chi connectivity index (χ4n) is 2.62. The third kappa shape index (κ3) is 4.97. The number of aromatic nitrogens is 2. The molecule has 0 amide bonds. The summed E-state index contributed by atoms with van der Waals surface area (Å²) in [4.78, 5) is 0. The Morgan fingerprint density at radius 3 is 2.86 bits per heavy atom. The zero-order valence-corrected chi connectivity index (χ0v) is 12.8. The summed E-state index contributed by atoms with van der Waals surface area (Å²) in [5.74, 6) is 0.350. The average Bonchev–Trinajstić information content (AvgIpc) is 2.87. The van der Waals surface area contributed by atoms with Crippen molar-refractivity contribution >= 4 is 0 Å². The summed E-state index contributed by atoms with van der Waals surface area (Å²) in [7, 11) is 1.97. The van der Waals surface area contributed by atoms with E-state index in [-0.39, 0.29) is 5.82 Å². The van der Waals surface area contributed by atoms with Crippen molar-refractivity contribution in [1.29, 1.82) is 0 Å². The molecule has 4 heteroatoms. The lowest BCUT2D eigenvalue weighted by Gasteiger charge is -2.17. The standard InChI is InChI=1S/C17H24FN3/c1-3-19-13-15(7-8-17-9-10-20-21(17)2)11-14-5-4-6-16(18)12-14/h4-6,9-10,12,15,19H,3,7-8,11,13H2,1-2H3. The number of nitrogens with zero attached hydrogens (tertiary/aromatic N) is 2. The third-order valence-corrected chi connectivity index (χ3v) is 3.83. The predicted octanol–water partition coefficient (Wildman–Crippen LogP) is 2.96. The normalized spacial score (nSPS) is 12.5. The van der Waals surface area contributed by atoms with Gasteiger partial charge in [-0.05, 0) is 62.0 Å². The third-order valence-electron chi connectivity index (χ3n) is 3.83. The van der Waals surface area contributed by atoms with Gasteiger partial charge in [-0.15, -0.1) is 0 Å². The lowest BCUT2D eigenvalue weighted by molar-refractivity contribution is 0.443. The van der Waals surface area contributed by atoms with Crippen LogP contribution >= 0.6 is 0 Å². The van der Waals surface area contributed by atoms with Gasteiger partial charge in [0.15, 0.2) is 0 Å². The number of hydrogen-bond donors (Lipinski definition) is 1. The number of benzene rings is 1. The molecule has 3 nitrogen and oxygen atoms in total. The topological polar surface area (TPSA) is 29.9 Å². The van der Waals surface area contributed by atoms with Crippen LogP contribution in [0.2, 0.25) is 0 Å². The van der Waals surface area contributed by atoms with E-state index in [1.807, 2.05) is 24.0 Å². The van der Waals surface area contributed by atoms with Crippen molar-refractivity contribution in [2.45, 2.75) is 26.2 Å². The first-order valence-corrected chi connectivity index (χ1v) is 7.61. The lowest BCUT2D eigenvalue weighted by Crippen LogP contribution is -2.24. The molecule has 1 aromatic carbocycles. The molecule has 0 aliphatic heterocycles. The van der Waals surface area contributed by atoms with Gasteiger partial charge in [-0.3, -0.25) is 4.68 Å². The van der Waals surface area contributed by atoms with Crippen molar-refractivity contribution in [3.05, 3.63) is 53.6 Å². The van der Waals surface area contributed by atoms with Crippen LogP contribution in [-0.2, 0) is 19.9 Å². The van der Waals surface area contributed by atoms with Gasteiger partial charge in [-0.1, -0.05) is 19.1 Å². The smallest absolute Gasteiger partial charge is 0.123 e. The SMILES string of the molecule is CCNCC(CCc1ccnn1C)Cc1cccc(F)c1. The van der Waals surface area contributed by atoms with Crippen LogP contribution in [0.15, 0.2) is 36.5 Å². The zero-order valence-electron chi connectivity index (χ0n) is 12.8. The van der Waals surface area contributed by atoms with Gasteiger partial charge >= 0.3 is 0 Å². The molecule has 0 aliphatic carbocycles. The van der Waals surface area contributed by atoms with Gasteiger partial charge in [-0.2, -0.15) is 5.10 Å². The minimum Gasteiger partial charge on any atom is -0.317 e. The number of hydrogen-bond acceptors (Lipinski definition) is 2. The summed E-state index contributed by atoms with van der Waals surface area (Å²) in [6, 6.07) is 9.00. The molecule has 1 heterocycles. The Bertz CT molecular complexity index is 550. The number of halogens is 1. The predicted molar refractivity (Wildman–Crippen MR) is 83.7 cm³/mol. The maximum atomic E-state index is 13.3. The molecule has 2 aromatic rings. The summed E-state index contributed by atoms with van der Waals surface area (Å²) in [6.07, 6.45) is 4.81. The molecule has 0 saturated carbocycles. The molecule has 1 N–H and O–H groups in total. The van der Waals surface area contributed by atoms with E-state index in [0.29, 0.717) is 5.92 Å². The van der Waals surface area contributed by atoms with Gasteiger partial charge in [0.25, 0.3) is 0 Å². The van der Waals surface area contributed by atoms with Crippen LogP contribution in [0.4, 0.5) is 4.39 Å². The molecule has 0 fully saturated rings. The van der Waals surface area contributed by atoms with E-state index in [2.05, 4.69) is 23.4 Å². The molecular weight excluding hydrogens is 265 g/mol. The first-order chi connectivity index (χ1) is 10.2. The molecule has 0 radical (unpaired) electrons. The van der Waals surface area contributed by atoms with Crippen molar-refractivity contribution in [2.75, 3.05) is 13.1 Å². The van der Waals surface area contributed by atoms with Crippen LogP contribution < -0.4 is 5.32 Å². The molecule has 114 valence electrons. The van der Waals surface area contributed by atoms with Crippen LogP contribution in [-0.4, -0.2) is 22.9 Å². The van der Waals surface area contributed by atoms with E-state index in [0.717, 1.165) is 37.9 Å². The fourth-order valence-corrected chi connectivity index (χ4v) is 2.62. The first kappa shape index (κ1) is 15.7. The second-order valence-corrected chi connectivity index (χ2v) is 5.49. The van der Waals surface area contributed by atoms with Crippen molar-refractivity contribution in [3.8, 4) is 0 Å². The second-order valence-electron chi connectivity index (χ2n) is 5.49. The molecule has 0 bridgehead atoms. The summed E-state index contributed by atoms with van der Waals surface area (Å²) in [5.41, 5.74) is 2.32. The molecule has 21 heavy (non-hydrogen) atoms. The highest BCUT2D eigenvalue weighted by Gasteiger charge is 2.11. The Kier molecular flexibility index (Phi) is 5.93. The van der Waals surface area contributed by atoms with Crippen LogP contribution in [0.3, 0.4) is 0 Å². The highest BCUT2D eigenvalue weighted by Crippen LogP contribution is 2.16. The summed E-state index contributed by atoms with van der Waals surface area (Å²) >= 11 is 0. The van der Waals surface area contributed by atoms with E-state index in [1.54, 1.807) is 12.1 Å². The zero-order chi connectivity index (χ0) is 15.1. The number of nitrogens with one attached hydrogen (secondary N) is 1. The van der Waals surface area contributed by atoms with Crippen molar-refractivity contribution in [3.63, 3.8) is 0 Å². The van der Waals surface area contributed by atoms with E-state index >= 15 is 0 Å². The Morgan fingerprint density at radius 2 is 2.19 bits per heavy atom. The summed E-state index contributed by atoms with van der Waals surface area (Å²) in [5, 5.41) is 7.62. The van der Waals surface area contributed by atoms with Gasteiger partial charge in [0, 0.05) is 18.9 Å². The minimum atomic E-state index is -0.152. The molecular formula is C17H24FN3. The van der Waals surface area contributed by atoms with Crippen molar-refractivity contribution in [1.82, 2.24) is 15.1 Å². The number of rotatable bonds is 8. The highest BCUT2D eigenvalue weighted by molar-refractivity contribution is 5.17. The lowest BCUT2D eigenvalue weighted by atomic mass is 9.94. The van der Waals surface area contributed by atoms with Crippen molar-refractivity contribution < 1.29 is 4.39 Å². The van der Waals surface area contributed by atoms with E-state index < -0.39 is 0 Å². The molecule has 2 rings (SSSR count). The molecule has 0 aliphatic rings. The van der Waals surface area contributed by atoms with Gasteiger partial charge in [-0.25, -0.2) is 4.39 Å². The fraction of sp³-hybridized carbons (Fsp3) is 0.471. The number of aryl methyl sites for hydroxylation is 2. The average molecular weight is 289 g/mol. The molecule has 1 unspecified atom stereocenters. The van der Waals surface area contributed by atoms with Crippen LogP contribution in [0, 0.1) is 11.7 Å². The van der Waals surface area contributed by atoms with Gasteiger partial charge in [0.05, 0.1) is 0 Å². The molecule has 0 saturated heterocycles. The highest BCUT2D eigenvalue weighted by atomic mass is 19.1. The van der Waals surface area contributed by atoms with Crippen LogP contribution in [0.25, 0.3) is 0 Å². The molecule has 0 spiro atoms. The van der Waals surface area contributed by atoms with E-state index in [9.17, 15) is 4.39 Å². The van der Waals surface area contributed by atoms with Gasteiger partial charge in [0.1, 0.15) is 5.82 Å². The van der Waals surface area contributed by atoms with E-state index in [4.69, 9.17) is 0 Å². The van der Waals surface area contributed by atoms with Gasteiger partial charge in [0.2, 0.25) is 0 Å². The van der Waals surface area contributed by atoms with Crippen LogP contribution in [0.1, 0.15) is 24.6 Å². The first-order valence-electron chi connectivity index (χ1n) is 7.61. The minimum absolute atomic E-state index is 0.152. The quantitative estimate of drug-likeness (QED) is 0.809. The Hall–Kier alpha value is -1.68. The molecule has 1 aromatic heterocycles. The Balaban J connectivity index is 1.95. The van der Waals surface area contributed by atoms with E-state index in [1.165, 1.54) is 11.8 Å². The maximum Gasteiger partial charge on any atom is 0.123 e. The maximum absolute atomic E-state index is 13.3. The summed E-state index contributed by atoms with van der Waals surface area (Å²) < 4.78 is 15.2. The monoisotopic (exact) mass is 289 g/mol. The second kappa shape index (κ2) is 7.93. The Morgan fingerprint density at radius 1 is 1.33 bits per heavy atom. The largest absolute Gasteiger partial charge is 0.317 e. The van der Waals surface area contributed by atoms with Crippen molar-refractivity contribution in [2.24, 2.45) is 13.0 Å². The van der Waals surface area contributed by atoms with Crippen LogP contribution in [0.5, 0.6) is 0 Å². The summed E-state index contributed by atoms with van der Waals surface area (Å²) in [6.45, 7) is 4.04. The van der Waals surface area contributed by atoms with Gasteiger partial charge < -0.3 is 5.32 Å². The Labute approximate surface area is 126 Å².